The van der Waals surface area contributed by atoms with E-state index >= 15 is 0 Å². The smallest absolute Gasteiger partial charge is 0.0607 e. The summed E-state index contributed by atoms with van der Waals surface area (Å²) in [4.78, 5) is 4.77. The molecule has 4 aromatic rings. The van der Waals surface area contributed by atoms with Crippen LogP contribution in [0.1, 0.15) is 0 Å². The van der Waals surface area contributed by atoms with E-state index in [0.717, 1.165) is 16.8 Å². The molecule has 1 nitrogen and oxygen atoms in total. The van der Waals surface area contributed by atoms with Crippen LogP contribution in [0.2, 0.25) is 0 Å². The van der Waals surface area contributed by atoms with Crippen molar-refractivity contribution >= 4 is 10.9 Å². The van der Waals surface area contributed by atoms with Gasteiger partial charge in [-0.15, -0.1) is 29.8 Å². The average molecular weight is 491 g/mol. The standard InChI is InChI=1S/C21H11FN.Pt/c22-14-10-8-13(9-11-14)20-12-18-16-5-2-1-4-15(16)17-6-3-7-19(23-20)21(17)18;/h1-8,10-12H;/q-1;. The van der Waals surface area contributed by atoms with Gasteiger partial charge in [-0.2, -0.15) is 0 Å². The third kappa shape index (κ3) is 2.14. The molecule has 0 saturated carbocycles. The molecular weight excluding hydrogens is 480 g/mol. The number of hydrogen-bond donors (Lipinski definition) is 0. The van der Waals surface area contributed by atoms with Gasteiger partial charge >= 0.3 is 0 Å². The van der Waals surface area contributed by atoms with Gasteiger partial charge in [-0.3, -0.25) is 9.37 Å². The monoisotopic (exact) mass is 491 g/mol. The summed E-state index contributed by atoms with van der Waals surface area (Å²) >= 11 is 0. The normalized spacial score (nSPS) is 11.2. The van der Waals surface area contributed by atoms with Crippen molar-refractivity contribution in [3.63, 3.8) is 0 Å². The van der Waals surface area contributed by atoms with Crippen molar-refractivity contribution in [2.24, 2.45) is 0 Å². The molecule has 0 saturated heterocycles. The molecular formula is C21H11FNPt-. The van der Waals surface area contributed by atoms with E-state index in [2.05, 4.69) is 42.5 Å². The predicted octanol–water partition coefficient (Wildman–Crippen LogP) is 5.49. The van der Waals surface area contributed by atoms with E-state index in [9.17, 15) is 4.39 Å². The van der Waals surface area contributed by atoms with Crippen LogP contribution in [0.3, 0.4) is 0 Å². The fourth-order valence-electron chi connectivity index (χ4n) is 3.38. The van der Waals surface area contributed by atoms with E-state index in [0.29, 0.717) is 0 Å². The molecule has 1 aliphatic carbocycles. The van der Waals surface area contributed by atoms with Gasteiger partial charge < -0.3 is 0 Å². The Hall–Kier alpha value is -2.31. The first kappa shape index (κ1) is 15.2. The third-order valence-electron chi connectivity index (χ3n) is 4.39. The zero-order valence-corrected chi connectivity index (χ0v) is 14.8. The zero-order valence-electron chi connectivity index (χ0n) is 12.5. The topological polar surface area (TPSA) is 12.9 Å². The van der Waals surface area contributed by atoms with Crippen LogP contribution < -0.4 is 0 Å². The summed E-state index contributed by atoms with van der Waals surface area (Å²) in [5.41, 5.74) is 7.48. The quantitative estimate of drug-likeness (QED) is 0.283. The minimum Gasteiger partial charge on any atom is -0.296 e. The van der Waals surface area contributed by atoms with Crippen molar-refractivity contribution in [2.75, 3.05) is 0 Å². The Morgan fingerprint density at radius 3 is 2.29 bits per heavy atom. The number of aromatic nitrogens is 1. The molecule has 0 bridgehead atoms. The van der Waals surface area contributed by atoms with Gasteiger partial charge in [-0.1, -0.05) is 42.5 Å². The average Bonchev–Trinajstić information content (AvgIpc) is 2.92. The minimum absolute atomic E-state index is 0. The van der Waals surface area contributed by atoms with Crippen LogP contribution in [0, 0.1) is 11.9 Å². The SMILES string of the molecule is Fc1c[c-]c(-c2cc3c4c(cccc4n2)-c2ccccc2-3)cc1.[Pt]. The number of nitrogens with zero attached hydrogens (tertiary/aromatic N) is 1. The van der Waals surface area contributed by atoms with Gasteiger partial charge in [0.1, 0.15) is 0 Å². The van der Waals surface area contributed by atoms with Gasteiger partial charge in [0.15, 0.2) is 0 Å². The zero-order chi connectivity index (χ0) is 15.4. The Morgan fingerprint density at radius 2 is 1.54 bits per heavy atom. The van der Waals surface area contributed by atoms with Crippen LogP contribution in [0.4, 0.5) is 4.39 Å². The second-order valence-corrected chi connectivity index (χ2v) is 5.72. The predicted molar refractivity (Wildman–Crippen MR) is 90.4 cm³/mol. The minimum atomic E-state index is -0.285. The van der Waals surface area contributed by atoms with Crippen LogP contribution in [0.25, 0.3) is 44.4 Å². The second-order valence-electron chi connectivity index (χ2n) is 5.72. The van der Waals surface area contributed by atoms with Crippen LogP contribution in [0.5, 0.6) is 0 Å². The van der Waals surface area contributed by atoms with Crippen LogP contribution >= 0.6 is 0 Å². The molecule has 118 valence electrons. The Labute approximate surface area is 153 Å². The maximum atomic E-state index is 13.2. The molecule has 0 amide bonds. The Bertz CT molecular complexity index is 1070. The van der Waals surface area contributed by atoms with Crippen molar-refractivity contribution in [1.29, 1.82) is 0 Å². The molecule has 5 rings (SSSR count). The summed E-state index contributed by atoms with van der Waals surface area (Å²) in [6, 6.07) is 24.2. The molecule has 0 radical (unpaired) electrons. The van der Waals surface area contributed by atoms with Gasteiger partial charge in [0, 0.05) is 32.3 Å². The summed E-state index contributed by atoms with van der Waals surface area (Å²) in [5, 5.41) is 1.19. The fourth-order valence-corrected chi connectivity index (χ4v) is 3.38. The first-order valence-electron chi connectivity index (χ1n) is 7.52. The van der Waals surface area contributed by atoms with E-state index in [1.807, 2.05) is 12.1 Å². The van der Waals surface area contributed by atoms with Crippen molar-refractivity contribution in [3.8, 4) is 33.5 Å². The summed E-state index contributed by atoms with van der Waals surface area (Å²) in [6.07, 6.45) is 0. The molecule has 0 atom stereocenters. The first-order valence-corrected chi connectivity index (χ1v) is 7.52. The molecule has 0 spiro atoms. The van der Waals surface area contributed by atoms with Crippen LogP contribution in [-0.2, 0) is 21.1 Å². The molecule has 0 unspecified atom stereocenters. The summed E-state index contributed by atoms with van der Waals surface area (Å²) in [7, 11) is 0. The summed E-state index contributed by atoms with van der Waals surface area (Å²) in [5.74, 6) is -0.285. The molecule has 0 fully saturated rings. The largest absolute Gasteiger partial charge is 0.296 e. The van der Waals surface area contributed by atoms with Gasteiger partial charge in [0.2, 0.25) is 0 Å². The van der Waals surface area contributed by atoms with E-state index in [1.165, 1.54) is 39.8 Å². The number of fused-ring (bicyclic) bond motifs is 3. The van der Waals surface area contributed by atoms with E-state index in [4.69, 9.17) is 4.98 Å². The first-order chi connectivity index (χ1) is 11.3. The maximum absolute atomic E-state index is 13.2. The van der Waals surface area contributed by atoms with E-state index in [-0.39, 0.29) is 26.9 Å². The second kappa shape index (κ2) is 5.65. The Balaban J connectivity index is 0.00000146. The summed E-state index contributed by atoms with van der Waals surface area (Å²) < 4.78 is 13.2. The van der Waals surface area contributed by atoms with Gasteiger partial charge in [0.25, 0.3) is 0 Å². The number of rotatable bonds is 1. The molecule has 1 heterocycles. The van der Waals surface area contributed by atoms with Crippen LogP contribution in [-0.4, -0.2) is 4.98 Å². The van der Waals surface area contributed by atoms with Gasteiger partial charge in [-0.25, -0.2) is 0 Å². The Kier molecular flexibility index (Phi) is 3.58. The molecule has 0 aliphatic heterocycles. The number of hydrogen-bond acceptors (Lipinski definition) is 1. The molecule has 3 aromatic carbocycles. The molecule has 1 aromatic heterocycles. The maximum Gasteiger partial charge on any atom is 0.0607 e. The third-order valence-corrected chi connectivity index (χ3v) is 4.39. The van der Waals surface area contributed by atoms with Crippen molar-refractivity contribution in [1.82, 2.24) is 4.98 Å². The van der Waals surface area contributed by atoms with Crippen LogP contribution in [0.15, 0.2) is 66.7 Å². The Morgan fingerprint density at radius 1 is 0.792 bits per heavy atom. The molecule has 24 heavy (non-hydrogen) atoms. The number of pyridine rings is 1. The van der Waals surface area contributed by atoms with Gasteiger partial charge in [0.05, 0.1) is 5.52 Å². The summed E-state index contributed by atoms with van der Waals surface area (Å²) in [6.45, 7) is 0. The van der Waals surface area contributed by atoms with E-state index in [1.54, 1.807) is 6.07 Å². The van der Waals surface area contributed by atoms with Crippen molar-refractivity contribution in [2.45, 2.75) is 0 Å². The number of halogens is 1. The van der Waals surface area contributed by atoms with E-state index < -0.39 is 0 Å². The van der Waals surface area contributed by atoms with Crippen molar-refractivity contribution < 1.29 is 25.5 Å². The number of benzene rings is 3. The molecule has 0 N–H and O–H groups in total. The molecule has 3 heteroatoms. The fraction of sp³-hybridized carbons (Fsp3) is 0. The van der Waals surface area contributed by atoms with Crippen molar-refractivity contribution in [3.05, 3.63) is 78.6 Å². The molecule has 1 aliphatic rings. The van der Waals surface area contributed by atoms with Gasteiger partial charge in [-0.05, 0) is 34.0 Å².